The van der Waals surface area contributed by atoms with Gasteiger partial charge in [-0.25, -0.2) is 9.78 Å². The van der Waals surface area contributed by atoms with Gasteiger partial charge < -0.3 is 15.7 Å². The Bertz CT molecular complexity index is 1010. The SMILES string of the molecule is CC(C)Cc1cc(Nc2ncc(-c3cccs3)cc2C(=O)O)nn1C1CCNCC1. The van der Waals surface area contributed by atoms with Crippen LogP contribution in [0.1, 0.15) is 48.8 Å². The van der Waals surface area contributed by atoms with Crippen molar-refractivity contribution in [2.75, 3.05) is 18.4 Å². The lowest BCUT2D eigenvalue weighted by molar-refractivity contribution is 0.0697. The third kappa shape index (κ3) is 4.55. The van der Waals surface area contributed by atoms with Crippen molar-refractivity contribution in [3.8, 4) is 10.4 Å². The van der Waals surface area contributed by atoms with Gasteiger partial charge in [-0.1, -0.05) is 19.9 Å². The molecule has 0 amide bonds. The van der Waals surface area contributed by atoms with Crippen molar-refractivity contribution in [1.82, 2.24) is 20.1 Å². The average molecular weight is 426 g/mol. The molecule has 1 aliphatic heterocycles. The molecule has 4 rings (SSSR count). The van der Waals surface area contributed by atoms with Gasteiger partial charge in [-0.15, -0.1) is 11.3 Å². The molecule has 0 atom stereocenters. The summed E-state index contributed by atoms with van der Waals surface area (Å²) in [5.74, 6) is 0.452. The zero-order valence-electron chi connectivity index (χ0n) is 17.3. The molecule has 3 aromatic rings. The standard InChI is InChI=1S/C22H27N5O2S/c1-14(2)10-17-12-20(26-27(17)16-5-7-23-8-6-16)25-21-18(22(28)29)11-15(13-24-21)19-4-3-9-30-19/h3-4,9,11-14,16,23H,5-8,10H2,1-2H3,(H,28,29)(H,24,25,26). The molecule has 0 aromatic carbocycles. The Balaban J connectivity index is 1.64. The van der Waals surface area contributed by atoms with Crippen molar-refractivity contribution in [2.24, 2.45) is 5.92 Å². The van der Waals surface area contributed by atoms with Gasteiger partial charge in [0, 0.05) is 28.4 Å². The molecule has 0 saturated carbocycles. The average Bonchev–Trinajstić information content (AvgIpc) is 3.39. The first-order chi connectivity index (χ1) is 14.5. The van der Waals surface area contributed by atoms with Gasteiger partial charge in [-0.2, -0.15) is 5.10 Å². The van der Waals surface area contributed by atoms with Crippen LogP contribution in [0.3, 0.4) is 0 Å². The monoisotopic (exact) mass is 425 g/mol. The van der Waals surface area contributed by atoms with E-state index in [1.165, 1.54) is 5.69 Å². The first-order valence-corrected chi connectivity index (χ1v) is 11.2. The molecule has 158 valence electrons. The van der Waals surface area contributed by atoms with Crippen LogP contribution in [0.15, 0.2) is 35.8 Å². The summed E-state index contributed by atoms with van der Waals surface area (Å²) in [7, 11) is 0. The minimum Gasteiger partial charge on any atom is -0.478 e. The first-order valence-electron chi connectivity index (χ1n) is 10.3. The van der Waals surface area contributed by atoms with E-state index in [-0.39, 0.29) is 5.56 Å². The molecular weight excluding hydrogens is 398 g/mol. The number of anilines is 2. The van der Waals surface area contributed by atoms with E-state index in [0.29, 0.717) is 23.6 Å². The smallest absolute Gasteiger partial charge is 0.339 e. The van der Waals surface area contributed by atoms with Crippen LogP contribution in [0.4, 0.5) is 11.6 Å². The minimum atomic E-state index is -1.01. The zero-order chi connectivity index (χ0) is 21.1. The van der Waals surface area contributed by atoms with Crippen molar-refractivity contribution < 1.29 is 9.90 Å². The van der Waals surface area contributed by atoms with Crippen LogP contribution in [-0.2, 0) is 6.42 Å². The molecule has 0 bridgehead atoms. The Hall–Kier alpha value is -2.71. The molecule has 1 aliphatic rings. The fourth-order valence-corrected chi connectivity index (χ4v) is 4.57. The summed E-state index contributed by atoms with van der Waals surface area (Å²) in [6.07, 6.45) is 4.72. The molecule has 0 spiro atoms. The van der Waals surface area contributed by atoms with Crippen molar-refractivity contribution in [3.05, 3.63) is 47.1 Å². The Kier molecular flexibility index (Phi) is 6.15. The second-order valence-electron chi connectivity index (χ2n) is 8.07. The normalized spacial score (nSPS) is 14.9. The molecule has 8 heteroatoms. The molecule has 0 unspecified atom stereocenters. The lowest BCUT2D eigenvalue weighted by atomic mass is 10.0. The fourth-order valence-electron chi connectivity index (χ4n) is 3.86. The van der Waals surface area contributed by atoms with E-state index in [1.54, 1.807) is 23.6 Å². The van der Waals surface area contributed by atoms with Gasteiger partial charge in [0.05, 0.1) is 6.04 Å². The second kappa shape index (κ2) is 8.97. The molecule has 3 aromatic heterocycles. The van der Waals surface area contributed by atoms with Crippen LogP contribution >= 0.6 is 11.3 Å². The number of hydrogen-bond donors (Lipinski definition) is 3. The number of piperidine rings is 1. The molecule has 1 fully saturated rings. The van der Waals surface area contributed by atoms with Crippen LogP contribution in [0.2, 0.25) is 0 Å². The highest BCUT2D eigenvalue weighted by Crippen LogP contribution is 2.29. The summed E-state index contributed by atoms with van der Waals surface area (Å²) >= 11 is 1.56. The molecule has 30 heavy (non-hydrogen) atoms. The summed E-state index contributed by atoms with van der Waals surface area (Å²) in [5, 5.41) is 23.1. The van der Waals surface area contributed by atoms with Gasteiger partial charge in [0.1, 0.15) is 11.4 Å². The van der Waals surface area contributed by atoms with Gasteiger partial charge in [-0.3, -0.25) is 4.68 Å². The number of aromatic carboxylic acids is 1. The third-order valence-electron chi connectivity index (χ3n) is 5.26. The number of nitrogens with one attached hydrogen (secondary N) is 2. The third-order valence-corrected chi connectivity index (χ3v) is 6.17. The minimum absolute atomic E-state index is 0.141. The lowest BCUT2D eigenvalue weighted by Crippen LogP contribution is -2.30. The summed E-state index contributed by atoms with van der Waals surface area (Å²) in [4.78, 5) is 17.3. The predicted molar refractivity (Wildman–Crippen MR) is 120 cm³/mol. The van der Waals surface area contributed by atoms with E-state index >= 15 is 0 Å². The van der Waals surface area contributed by atoms with Crippen LogP contribution in [0, 0.1) is 5.92 Å². The van der Waals surface area contributed by atoms with Crippen LogP contribution in [-0.4, -0.2) is 38.9 Å². The van der Waals surface area contributed by atoms with Crippen molar-refractivity contribution >= 4 is 28.9 Å². The fraction of sp³-hybridized carbons (Fsp3) is 0.409. The van der Waals surface area contributed by atoms with Crippen LogP contribution < -0.4 is 10.6 Å². The van der Waals surface area contributed by atoms with E-state index in [0.717, 1.165) is 42.8 Å². The Morgan fingerprint density at radius 3 is 2.83 bits per heavy atom. The number of carboxylic acids is 1. The van der Waals surface area contributed by atoms with Gasteiger partial charge in [-0.05, 0) is 55.8 Å². The number of hydrogen-bond acceptors (Lipinski definition) is 6. The topological polar surface area (TPSA) is 92.1 Å². The second-order valence-corrected chi connectivity index (χ2v) is 9.02. The van der Waals surface area contributed by atoms with E-state index in [2.05, 4.69) is 34.1 Å². The van der Waals surface area contributed by atoms with Gasteiger partial charge in [0.15, 0.2) is 5.82 Å². The summed E-state index contributed by atoms with van der Waals surface area (Å²) < 4.78 is 2.13. The molecule has 3 N–H and O–H groups in total. The predicted octanol–water partition coefficient (Wildman–Crippen LogP) is 4.57. The molecule has 7 nitrogen and oxygen atoms in total. The maximum absolute atomic E-state index is 11.9. The summed E-state index contributed by atoms with van der Waals surface area (Å²) in [5.41, 5.74) is 2.11. The Labute approximate surface area is 180 Å². The van der Waals surface area contributed by atoms with Crippen molar-refractivity contribution in [1.29, 1.82) is 0 Å². The number of nitrogens with zero attached hydrogens (tertiary/aromatic N) is 3. The molecule has 1 saturated heterocycles. The molecular formula is C22H27N5O2S. The van der Waals surface area contributed by atoms with Crippen LogP contribution in [0.5, 0.6) is 0 Å². The quantitative estimate of drug-likeness (QED) is 0.513. The number of rotatable bonds is 7. The van der Waals surface area contributed by atoms with Gasteiger partial charge in [0.25, 0.3) is 0 Å². The molecule has 0 radical (unpaired) electrons. The number of carboxylic acid groups (broad SMARTS) is 1. The molecule has 4 heterocycles. The van der Waals surface area contributed by atoms with Gasteiger partial charge in [0.2, 0.25) is 0 Å². The highest BCUT2D eigenvalue weighted by Gasteiger charge is 2.21. The highest BCUT2D eigenvalue weighted by molar-refractivity contribution is 7.13. The first kappa shape index (κ1) is 20.6. The van der Waals surface area contributed by atoms with Crippen LogP contribution in [0.25, 0.3) is 10.4 Å². The van der Waals surface area contributed by atoms with Gasteiger partial charge >= 0.3 is 5.97 Å². The van der Waals surface area contributed by atoms with Crippen molar-refractivity contribution in [2.45, 2.75) is 39.2 Å². The van der Waals surface area contributed by atoms with E-state index < -0.39 is 5.97 Å². The number of aromatic nitrogens is 3. The largest absolute Gasteiger partial charge is 0.478 e. The maximum Gasteiger partial charge on any atom is 0.339 e. The molecule has 0 aliphatic carbocycles. The highest BCUT2D eigenvalue weighted by atomic mass is 32.1. The zero-order valence-corrected chi connectivity index (χ0v) is 18.1. The Morgan fingerprint density at radius 1 is 1.37 bits per heavy atom. The van der Waals surface area contributed by atoms with Crippen molar-refractivity contribution in [3.63, 3.8) is 0 Å². The lowest BCUT2D eigenvalue weighted by Gasteiger charge is -2.25. The van der Waals surface area contributed by atoms with E-state index in [1.807, 2.05) is 23.6 Å². The number of thiophene rings is 1. The van der Waals surface area contributed by atoms with E-state index in [9.17, 15) is 9.90 Å². The Morgan fingerprint density at radius 2 is 2.17 bits per heavy atom. The summed E-state index contributed by atoms with van der Waals surface area (Å²) in [6, 6.07) is 7.96. The summed E-state index contributed by atoms with van der Waals surface area (Å²) in [6.45, 7) is 6.37. The maximum atomic E-state index is 11.9. The number of pyridine rings is 1. The van der Waals surface area contributed by atoms with E-state index in [4.69, 9.17) is 5.10 Å². The number of carbonyl (C=O) groups is 1.